The molecule has 3 heteroatoms. The molecule has 3 aromatic rings. The lowest BCUT2D eigenvalue weighted by Gasteiger charge is -2.12. The highest BCUT2D eigenvalue weighted by Crippen LogP contribution is 2.29. The molecular weight excluding hydrogens is 210 g/mol. The number of pyridine rings is 1. The first-order chi connectivity index (χ1) is 8.43. The molecule has 0 bridgehead atoms. The van der Waals surface area contributed by atoms with Gasteiger partial charge in [-0.05, 0) is 11.6 Å². The van der Waals surface area contributed by atoms with Crippen molar-refractivity contribution in [2.45, 2.75) is 13.0 Å². The summed E-state index contributed by atoms with van der Waals surface area (Å²) >= 11 is 0. The molecule has 3 nitrogen and oxygen atoms in total. The van der Waals surface area contributed by atoms with E-state index in [-0.39, 0.29) is 0 Å². The summed E-state index contributed by atoms with van der Waals surface area (Å²) in [7, 11) is 0. The molecule has 0 atom stereocenters. The van der Waals surface area contributed by atoms with Crippen molar-refractivity contribution in [1.82, 2.24) is 15.3 Å². The minimum Gasteiger partial charge on any atom is -0.356 e. The molecule has 2 aromatic heterocycles. The molecule has 4 rings (SSSR count). The van der Waals surface area contributed by atoms with Crippen molar-refractivity contribution in [1.29, 1.82) is 0 Å². The maximum absolute atomic E-state index is 4.50. The summed E-state index contributed by atoms with van der Waals surface area (Å²) < 4.78 is 0. The zero-order valence-corrected chi connectivity index (χ0v) is 9.46. The van der Waals surface area contributed by atoms with Gasteiger partial charge in [-0.1, -0.05) is 18.2 Å². The highest BCUT2D eigenvalue weighted by Gasteiger charge is 2.16. The fourth-order valence-electron chi connectivity index (χ4n) is 2.75. The van der Waals surface area contributed by atoms with Crippen molar-refractivity contribution in [2.75, 3.05) is 6.54 Å². The fraction of sp³-hybridized carbons (Fsp3) is 0.214. The first kappa shape index (κ1) is 9.19. The lowest BCUT2D eigenvalue weighted by molar-refractivity contribution is 0.641. The molecule has 2 N–H and O–H groups in total. The second-order valence-corrected chi connectivity index (χ2v) is 4.57. The number of benzene rings is 1. The predicted octanol–water partition coefficient (Wildman–Crippen LogP) is 2.36. The van der Waals surface area contributed by atoms with Gasteiger partial charge < -0.3 is 10.3 Å². The second-order valence-electron chi connectivity index (χ2n) is 4.57. The van der Waals surface area contributed by atoms with E-state index in [2.05, 4.69) is 33.5 Å². The summed E-state index contributed by atoms with van der Waals surface area (Å²) in [6.07, 6.45) is 2.94. The smallest absolute Gasteiger partial charge is 0.0942 e. The van der Waals surface area contributed by atoms with Crippen LogP contribution in [0, 0.1) is 0 Å². The minimum absolute atomic E-state index is 0.966. The Morgan fingerprint density at radius 3 is 3.18 bits per heavy atom. The van der Waals surface area contributed by atoms with E-state index >= 15 is 0 Å². The van der Waals surface area contributed by atoms with Gasteiger partial charge in [0.25, 0.3) is 0 Å². The third-order valence-corrected chi connectivity index (χ3v) is 3.59. The summed E-state index contributed by atoms with van der Waals surface area (Å²) in [5.74, 6) is 0. The van der Waals surface area contributed by atoms with Crippen LogP contribution in [-0.2, 0) is 13.0 Å². The average molecular weight is 223 g/mol. The predicted molar refractivity (Wildman–Crippen MR) is 69.0 cm³/mol. The summed E-state index contributed by atoms with van der Waals surface area (Å²) in [5, 5.41) is 5.95. The second kappa shape index (κ2) is 3.31. The van der Waals surface area contributed by atoms with Crippen LogP contribution in [0.2, 0.25) is 0 Å². The van der Waals surface area contributed by atoms with Gasteiger partial charge in [0.05, 0.1) is 11.0 Å². The summed E-state index contributed by atoms with van der Waals surface area (Å²) in [6, 6.07) is 8.47. The molecule has 0 fully saturated rings. The van der Waals surface area contributed by atoms with Crippen LogP contribution in [-0.4, -0.2) is 16.5 Å². The van der Waals surface area contributed by atoms with Crippen molar-refractivity contribution < 1.29 is 0 Å². The Kier molecular flexibility index (Phi) is 1.79. The minimum atomic E-state index is 0.966. The normalized spacial score (nSPS) is 15.3. The van der Waals surface area contributed by atoms with Gasteiger partial charge in [0.2, 0.25) is 0 Å². The monoisotopic (exact) mass is 223 g/mol. The Bertz CT molecular complexity index is 712. The van der Waals surface area contributed by atoms with Crippen LogP contribution in [0.4, 0.5) is 0 Å². The van der Waals surface area contributed by atoms with Crippen molar-refractivity contribution in [3.8, 4) is 0 Å². The summed E-state index contributed by atoms with van der Waals surface area (Å²) in [6.45, 7) is 2.03. The Labute approximate surface area is 98.9 Å². The highest BCUT2D eigenvalue weighted by molar-refractivity contribution is 6.04. The van der Waals surface area contributed by atoms with Crippen LogP contribution in [0.1, 0.15) is 11.3 Å². The van der Waals surface area contributed by atoms with E-state index < -0.39 is 0 Å². The number of aromatic nitrogens is 2. The Morgan fingerprint density at radius 2 is 2.18 bits per heavy atom. The zero-order chi connectivity index (χ0) is 11.2. The molecule has 0 spiro atoms. The van der Waals surface area contributed by atoms with Gasteiger partial charge in [0.1, 0.15) is 0 Å². The molecule has 17 heavy (non-hydrogen) atoms. The van der Waals surface area contributed by atoms with Crippen LogP contribution < -0.4 is 5.32 Å². The maximum atomic E-state index is 4.50. The van der Waals surface area contributed by atoms with Crippen molar-refractivity contribution in [2.24, 2.45) is 0 Å². The van der Waals surface area contributed by atoms with Gasteiger partial charge in [-0.3, -0.25) is 4.98 Å². The van der Waals surface area contributed by atoms with E-state index in [0.29, 0.717) is 0 Å². The lowest BCUT2D eigenvalue weighted by atomic mass is 10.0. The van der Waals surface area contributed by atoms with Crippen LogP contribution in [0.25, 0.3) is 21.8 Å². The molecule has 0 aliphatic carbocycles. The molecule has 0 unspecified atom stereocenters. The number of nitrogens with one attached hydrogen (secondary N) is 2. The van der Waals surface area contributed by atoms with Gasteiger partial charge in [-0.2, -0.15) is 0 Å². The molecule has 3 heterocycles. The van der Waals surface area contributed by atoms with Gasteiger partial charge in [0.15, 0.2) is 0 Å². The van der Waals surface area contributed by atoms with Crippen molar-refractivity contribution in [3.05, 3.63) is 41.7 Å². The Morgan fingerprint density at radius 1 is 1.18 bits per heavy atom. The molecule has 0 amide bonds. The summed E-state index contributed by atoms with van der Waals surface area (Å²) in [5.41, 5.74) is 5.06. The zero-order valence-electron chi connectivity index (χ0n) is 9.46. The molecule has 0 saturated carbocycles. The average Bonchev–Trinajstić information content (AvgIpc) is 2.78. The van der Waals surface area contributed by atoms with Gasteiger partial charge >= 0.3 is 0 Å². The Hall–Kier alpha value is -1.87. The third-order valence-electron chi connectivity index (χ3n) is 3.59. The van der Waals surface area contributed by atoms with Gasteiger partial charge in [-0.25, -0.2) is 0 Å². The number of H-pyrrole nitrogens is 1. The molecular formula is C14H13N3. The number of hydrogen-bond donors (Lipinski definition) is 2. The first-order valence-electron chi connectivity index (χ1n) is 6.01. The first-order valence-corrected chi connectivity index (χ1v) is 6.01. The fourth-order valence-corrected chi connectivity index (χ4v) is 2.75. The molecule has 1 aliphatic rings. The van der Waals surface area contributed by atoms with Crippen LogP contribution in [0.15, 0.2) is 30.5 Å². The van der Waals surface area contributed by atoms with E-state index in [0.717, 1.165) is 25.0 Å². The number of nitrogens with zero attached hydrogens (tertiary/aromatic N) is 1. The molecule has 1 aromatic carbocycles. The highest BCUT2D eigenvalue weighted by atomic mass is 14.9. The van der Waals surface area contributed by atoms with Crippen LogP contribution in [0.5, 0.6) is 0 Å². The number of hydrogen-bond acceptors (Lipinski definition) is 2. The summed E-state index contributed by atoms with van der Waals surface area (Å²) in [4.78, 5) is 8.06. The van der Waals surface area contributed by atoms with E-state index in [4.69, 9.17) is 0 Å². The lowest BCUT2D eigenvalue weighted by Crippen LogP contribution is -2.22. The van der Waals surface area contributed by atoms with Crippen molar-refractivity contribution >= 4 is 21.8 Å². The standard InChI is InChI=1S/C14H13N3/c1-2-9-3-4-10-11-8-15-7-5-12(11)17-14(10)13(9)16-6-1/h1-4,6,15,17H,5,7-8H2. The topological polar surface area (TPSA) is 40.7 Å². The number of rotatable bonds is 0. The van der Waals surface area contributed by atoms with Crippen LogP contribution in [0.3, 0.4) is 0 Å². The van der Waals surface area contributed by atoms with E-state index in [1.54, 1.807) is 0 Å². The van der Waals surface area contributed by atoms with Gasteiger partial charge in [-0.15, -0.1) is 0 Å². The third kappa shape index (κ3) is 1.23. The number of fused-ring (bicyclic) bond motifs is 5. The molecule has 0 radical (unpaired) electrons. The largest absolute Gasteiger partial charge is 0.356 e. The maximum Gasteiger partial charge on any atom is 0.0942 e. The van der Waals surface area contributed by atoms with E-state index in [1.807, 2.05) is 12.3 Å². The molecule has 84 valence electrons. The van der Waals surface area contributed by atoms with Crippen LogP contribution >= 0.6 is 0 Å². The Balaban J connectivity index is 2.16. The quantitative estimate of drug-likeness (QED) is 0.614. The molecule has 0 saturated heterocycles. The van der Waals surface area contributed by atoms with Gasteiger partial charge in [0, 0.05) is 42.2 Å². The molecule has 1 aliphatic heterocycles. The SMILES string of the molecule is c1cnc2c(c1)ccc1c3c([nH]c12)CCNC3. The van der Waals surface area contributed by atoms with E-state index in [1.165, 1.54) is 27.5 Å². The van der Waals surface area contributed by atoms with E-state index in [9.17, 15) is 0 Å². The van der Waals surface area contributed by atoms with Crippen molar-refractivity contribution in [3.63, 3.8) is 0 Å². The number of aromatic amines is 1.